The van der Waals surface area contributed by atoms with Gasteiger partial charge in [0.05, 0.1) is 5.56 Å². The highest BCUT2D eigenvalue weighted by Gasteiger charge is 2.10. The third-order valence-electron chi connectivity index (χ3n) is 4.65. The maximum absolute atomic E-state index is 12.5. The predicted molar refractivity (Wildman–Crippen MR) is 112 cm³/mol. The molecule has 142 valence electrons. The van der Waals surface area contributed by atoms with Crippen LogP contribution in [0.3, 0.4) is 0 Å². The van der Waals surface area contributed by atoms with Crippen molar-refractivity contribution in [3.63, 3.8) is 0 Å². The molecule has 0 fully saturated rings. The Morgan fingerprint density at radius 3 is 2.17 bits per heavy atom. The molecule has 0 atom stereocenters. The molecule has 0 unspecified atom stereocenters. The lowest BCUT2D eigenvalue weighted by Gasteiger charge is -2.07. The Hall–Kier alpha value is -3.99. The van der Waals surface area contributed by atoms with E-state index in [2.05, 4.69) is 5.32 Å². The van der Waals surface area contributed by atoms with Gasteiger partial charge in [-0.25, -0.2) is 4.79 Å². The van der Waals surface area contributed by atoms with E-state index in [-0.39, 0.29) is 11.7 Å². The van der Waals surface area contributed by atoms with Crippen molar-refractivity contribution in [1.29, 1.82) is 0 Å². The van der Waals surface area contributed by atoms with Crippen molar-refractivity contribution in [3.05, 3.63) is 100 Å². The number of Topliss-reactive ketones (excluding diaryl/α,β-unsaturated/α-hetero) is 1. The number of hydrogen-bond acceptors (Lipinski definition) is 4. The van der Waals surface area contributed by atoms with Gasteiger partial charge in [0, 0.05) is 22.2 Å². The molecule has 0 spiro atoms. The number of fused-ring (bicyclic) bond motifs is 1. The van der Waals surface area contributed by atoms with Crippen molar-refractivity contribution in [2.75, 3.05) is 5.32 Å². The lowest BCUT2D eigenvalue weighted by Crippen LogP contribution is -2.12. The summed E-state index contributed by atoms with van der Waals surface area (Å²) >= 11 is 0. The zero-order valence-electron chi connectivity index (χ0n) is 15.6. The van der Waals surface area contributed by atoms with E-state index in [1.54, 1.807) is 60.7 Å². The average molecular weight is 383 g/mol. The van der Waals surface area contributed by atoms with Crippen molar-refractivity contribution in [2.45, 2.75) is 6.92 Å². The minimum absolute atomic E-state index is 0.0309. The molecule has 5 nitrogen and oxygen atoms in total. The van der Waals surface area contributed by atoms with E-state index < -0.39 is 5.63 Å². The van der Waals surface area contributed by atoms with Crippen molar-refractivity contribution in [1.82, 2.24) is 0 Å². The van der Waals surface area contributed by atoms with Gasteiger partial charge in [0.25, 0.3) is 5.91 Å². The third kappa shape index (κ3) is 3.84. The van der Waals surface area contributed by atoms with E-state index in [4.69, 9.17) is 4.42 Å². The molecule has 0 radical (unpaired) electrons. The molecule has 29 heavy (non-hydrogen) atoms. The molecule has 1 N–H and O–H groups in total. The first-order valence-electron chi connectivity index (χ1n) is 9.07. The molecule has 0 aliphatic heterocycles. The number of nitrogens with one attached hydrogen (secondary N) is 1. The molecule has 4 aromatic rings. The highest BCUT2D eigenvalue weighted by Crippen LogP contribution is 2.22. The van der Waals surface area contributed by atoms with Crippen molar-refractivity contribution < 1.29 is 14.0 Å². The number of carbonyl (C=O) groups is 2. The van der Waals surface area contributed by atoms with E-state index in [9.17, 15) is 14.4 Å². The summed E-state index contributed by atoms with van der Waals surface area (Å²) < 4.78 is 5.37. The number of benzene rings is 3. The predicted octanol–water partition coefficient (Wildman–Crippen LogP) is 4.91. The standard InChI is InChI=1S/C24H17NO4/c1-15(26)16-10-12-20(13-11-16)25-23(27)18-8-6-17(7-9-18)21-14-19-4-2-3-5-22(19)29-24(21)28/h2-14H,1H3,(H,25,27). The minimum atomic E-state index is -0.425. The maximum atomic E-state index is 12.5. The summed E-state index contributed by atoms with van der Waals surface area (Å²) in [6.45, 7) is 1.49. The van der Waals surface area contributed by atoms with Crippen LogP contribution in [0, 0.1) is 0 Å². The lowest BCUT2D eigenvalue weighted by atomic mass is 10.0. The quantitative estimate of drug-likeness (QED) is 0.401. The summed E-state index contributed by atoms with van der Waals surface area (Å²) in [5.74, 6) is -0.311. The number of para-hydroxylation sites is 1. The lowest BCUT2D eigenvalue weighted by molar-refractivity contribution is 0.101. The summed E-state index contributed by atoms with van der Waals surface area (Å²) in [4.78, 5) is 36.1. The Balaban J connectivity index is 1.56. The van der Waals surface area contributed by atoms with E-state index in [1.807, 2.05) is 18.2 Å². The second-order valence-electron chi connectivity index (χ2n) is 6.65. The fraction of sp³-hybridized carbons (Fsp3) is 0.0417. The SMILES string of the molecule is CC(=O)c1ccc(NC(=O)c2ccc(-c3cc4ccccc4oc3=O)cc2)cc1. The van der Waals surface area contributed by atoms with E-state index in [0.717, 1.165) is 5.39 Å². The Morgan fingerprint density at radius 2 is 1.48 bits per heavy atom. The van der Waals surface area contributed by atoms with Crippen LogP contribution in [-0.2, 0) is 0 Å². The molecule has 0 bridgehead atoms. The monoisotopic (exact) mass is 383 g/mol. The van der Waals surface area contributed by atoms with Gasteiger partial charge < -0.3 is 9.73 Å². The second kappa shape index (κ2) is 7.56. The van der Waals surface area contributed by atoms with E-state index in [0.29, 0.717) is 33.5 Å². The fourth-order valence-corrected chi connectivity index (χ4v) is 3.06. The van der Waals surface area contributed by atoms with Gasteiger partial charge in [-0.3, -0.25) is 9.59 Å². The number of hydrogen-bond donors (Lipinski definition) is 1. The second-order valence-corrected chi connectivity index (χ2v) is 6.65. The van der Waals surface area contributed by atoms with Crippen LogP contribution in [0.2, 0.25) is 0 Å². The average Bonchev–Trinajstić information content (AvgIpc) is 2.74. The van der Waals surface area contributed by atoms with Gasteiger partial charge in [-0.2, -0.15) is 0 Å². The largest absolute Gasteiger partial charge is 0.422 e. The minimum Gasteiger partial charge on any atom is -0.422 e. The van der Waals surface area contributed by atoms with E-state index in [1.165, 1.54) is 6.92 Å². The Morgan fingerprint density at radius 1 is 0.828 bits per heavy atom. The number of anilines is 1. The molecule has 1 amide bonds. The summed E-state index contributed by atoms with van der Waals surface area (Å²) in [7, 11) is 0. The van der Waals surface area contributed by atoms with E-state index >= 15 is 0 Å². The molecule has 0 saturated carbocycles. The molecule has 4 rings (SSSR count). The van der Waals surface area contributed by atoms with Gasteiger partial charge in [-0.15, -0.1) is 0 Å². The number of amides is 1. The molecular formula is C24H17NO4. The number of rotatable bonds is 4. The van der Waals surface area contributed by atoms with Gasteiger partial charge in [0.2, 0.25) is 0 Å². The first-order valence-corrected chi connectivity index (χ1v) is 9.07. The van der Waals surface area contributed by atoms with Gasteiger partial charge in [-0.05, 0) is 61.0 Å². The van der Waals surface area contributed by atoms with Gasteiger partial charge in [0.1, 0.15) is 5.58 Å². The summed E-state index contributed by atoms with van der Waals surface area (Å²) in [5, 5.41) is 3.62. The zero-order chi connectivity index (χ0) is 20.4. The Kier molecular flexibility index (Phi) is 4.79. The van der Waals surface area contributed by atoms with Crippen molar-refractivity contribution in [3.8, 4) is 11.1 Å². The van der Waals surface area contributed by atoms with Gasteiger partial charge in [0.15, 0.2) is 5.78 Å². The third-order valence-corrected chi connectivity index (χ3v) is 4.65. The zero-order valence-corrected chi connectivity index (χ0v) is 15.6. The van der Waals surface area contributed by atoms with Gasteiger partial charge >= 0.3 is 5.63 Å². The molecular weight excluding hydrogens is 366 g/mol. The highest BCUT2D eigenvalue weighted by molar-refractivity contribution is 6.04. The number of carbonyl (C=O) groups excluding carboxylic acids is 2. The fourth-order valence-electron chi connectivity index (χ4n) is 3.06. The summed E-state index contributed by atoms with van der Waals surface area (Å²) in [5.41, 5.74) is 2.86. The van der Waals surface area contributed by atoms with Crippen LogP contribution in [-0.4, -0.2) is 11.7 Å². The summed E-state index contributed by atoms with van der Waals surface area (Å²) in [6, 6.07) is 22.5. The first kappa shape index (κ1) is 18.4. The molecule has 1 heterocycles. The normalized spacial score (nSPS) is 10.7. The smallest absolute Gasteiger partial charge is 0.344 e. The Bertz CT molecular complexity index is 1270. The molecule has 3 aromatic carbocycles. The summed E-state index contributed by atoms with van der Waals surface area (Å²) in [6.07, 6.45) is 0. The topological polar surface area (TPSA) is 76.4 Å². The number of ketones is 1. The highest BCUT2D eigenvalue weighted by atomic mass is 16.4. The molecule has 0 aliphatic carbocycles. The molecule has 0 aliphatic rings. The van der Waals surface area contributed by atoms with Crippen LogP contribution in [0.15, 0.2) is 88.1 Å². The molecule has 0 saturated heterocycles. The van der Waals surface area contributed by atoms with Crippen LogP contribution < -0.4 is 10.9 Å². The van der Waals surface area contributed by atoms with Gasteiger partial charge in [-0.1, -0.05) is 30.3 Å². The first-order chi connectivity index (χ1) is 14.0. The molecule has 1 aromatic heterocycles. The van der Waals surface area contributed by atoms with Crippen LogP contribution in [0.4, 0.5) is 5.69 Å². The van der Waals surface area contributed by atoms with Crippen LogP contribution in [0.5, 0.6) is 0 Å². The van der Waals surface area contributed by atoms with Crippen molar-refractivity contribution in [2.24, 2.45) is 0 Å². The van der Waals surface area contributed by atoms with Crippen LogP contribution in [0.25, 0.3) is 22.1 Å². The Labute approximate surface area is 166 Å². The van der Waals surface area contributed by atoms with Crippen LogP contribution in [0.1, 0.15) is 27.6 Å². The molecule has 5 heteroatoms. The maximum Gasteiger partial charge on any atom is 0.344 e. The van der Waals surface area contributed by atoms with Crippen molar-refractivity contribution >= 4 is 28.3 Å². The van der Waals surface area contributed by atoms with Crippen LogP contribution >= 0.6 is 0 Å².